The number of aryl methyl sites for hydroxylation is 2. The Hall–Kier alpha value is -4.70. The van der Waals surface area contributed by atoms with Crippen LogP contribution in [0.2, 0.25) is 0 Å². The van der Waals surface area contributed by atoms with Crippen molar-refractivity contribution in [3.05, 3.63) is 113 Å². The van der Waals surface area contributed by atoms with Gasteiger partial charge in [0, 0.05) is 21.1 Å². The van der Waals surface area contributed by atoms with Crippen LogP contribution in [0.5, 0.6) is 0 Å². The summed E-state index contributed by atoms with van der Waals surface area (Å²) in [7, 11) is 0. The molecule has 0 N–H and O–H groups in total. The first-order valence-corrected chi connectivity index (χ1v) is 14.6. The Labute approximate surface area is 250 Å². The fourth-order valence-corrected chi connectivity index (χ4v) is 6.06. The molecule has 0 aliphatic carbocycles. The smallest absolute Gasteiger partial charge is 0.178 e. The van der Waals surface area contributed by atoms with Gasteiger partial charge in [-0.15, -0.1) is 0 Å². The molecule has 0 saturated carbocycles. The van der Waals surface area contributed by atoms with Crippen molar-refractivity contribution in [3.63, 3.8) is 0 Å². The van der Waals surface area contributed by atoms with Crippen molar-refractivity contribution < 1.29 is 8.53 Å². The van der Waals surface area contributed by atoms with Crippen molar-refractivity contribution in [2.24, 2.45) is 0 Å². The summed E-state index contributed by atoms with van der Waals surface area (Å²) in [6.45, 7) is 8.88. The molecule has 0 fully saturated rings. The van der Waals surface area contributed by atoms with Crippen LogP contribution >= 0.6 is 0 Å². The Kier molecular flexibility index (Phi) is 5.45. The van der Waals surface area contributed by atoms with Gasteiger partial charge in [0.05, 0.1) is 16.8 Å². The topological polar surface area (TPSA) is 43.9 Å². The molecule has 0 amide bonds. The molecule has 4 nitrogen and oxygen atoms in total. The molecular formula is C38H35N3O. The van der Waals surface area contributed by atoms with E-state index in [4.69, 9.17) is 18.5 Å². The normalized spacial score (nSPS) is 13.4. The largest absolute Gasteiger partial charge is 0.455 e. The average Bonchev–Trinajstić information content (AvgIpc) is 3.57. The van der Waals surface area contributed by atoms with E-state index < -0.39 is 6.85 Å². The van der Waals surface area contributed by atoms with E-state index in [1.807, 2.05) is 24.4 Å². The summed E-state index contributed by atoms with van der Waals surface area (Å²) in [5.74, 6) is 1.40. The highest BCUT2D eigenvalue weighted by Gasteiger charge is 2.25. The van der Waals surface area contributed by atoms with Gasteiger partial charge in [0.15, 0.2) is 11.5 Å². The molecule has 0 radical (unpaired) electrons. The average molecular weight is 553 g/mol. The summed E-state index contributed by atoms with van der Waals surface area (Å²) in [4.78, 5) is 9.91. The number of rotatable bonds is 5. The third-order valence-electron chi connectivity index (χ3n) is 8.17. The highest BCUT2D eigenvalue weighted by atomic mass is 16.3. The van der Waals surface area contributed by atoms with Crippen LogP contribution in [0.15, 0.2) is 95.5 Å². The lowest BCUT2D eigenvalue weighted by Crippen LogP contribution is -2.08. The van der Waals surface area contributed by atoms with Crippen molar-refractivity contribution in [2.45, 2.75) is 53.3 Å². The SMILES string of the molecule is [2H]C([2H])([2H])c1ccc(-c2ccc3c(c2)oc2c(-c4nc5ncc(C)cc5n4-c4c(C(C)C)cccc4C(C)C)cccc23)cc1. The minimum absolute atomic E-state index is 0.302. The fraction of sp³-hybridized carbons (Fsp3) is 0.211. The van der Waals surface area contributed by atoms with Crippen LogP contribution in [0.25, 0.3) is 61.3 Å². The minimum Gasteiger partial charge on any atom is -0.455 e. The molecular weight excluding hydrogens is 514 g/mol. The molecule has 0 saturated heterocycles. The van der Waals surface area contributed by atoms with Crippen LogP contribution in [0.3, 0.4) is 0 Å². The number of fused-ring (bicyclic) bond motifs is 4. The van der Waals surface area contributed by atoms with Crippen molar-refractivity contribution in [1.82, 2.24) is 14.5 Å². The van der Waals surface area contributed by atoms with Crippen LogP contribution in [-0.4, -0.2) is 14.5 Å². The molecule has 3 heterocycles. The van der Waals surface area contributed by atoms with Gasteiger partial charge in [0.2, 0.25) is 0 Å². The highest BCUT2D eigenvalue weighted by Crippen LogP contribution is 2.41. The van der Waals surface area contributed by atoms with Crippen LogP contribution in [-0.2, 0) is 0 Å². The molecule has 0 aliphatic heterocycles. The van der Waals surface area contributed by atoms with Crippen LogP contribution in [0, 0.1) is 13.8 Å². The molecule has 0 unspecified atom stereocenters. The van der Waals surface area contributed by atoms with Gasteiger partial charge in [-0.05, 0) is 77.7 Å². The summed E-state index contributed by atoms with van der Waals surface area (Å²) in [6.07, 6.45) is 1.87. The number of para-hydroxylation sites is 2. The second-order valence-electron chi connectivity index (χ2n) is 11.8. The van der Waals surface area contributed by atoms with E-state index in [2.05, 4.69) is 93.8 Å². The number of aromatic nitrogens is 3. The first-order chi connectivity index (χ1) is 21.5. The van der Waals surface area contributed by atoms with E-state index in [9.17, 15) is 0 Å². The lowest BCUT2D eigenvalue weighted by molar-refractivity contribution is 0.669. The van der Waals surface area contributed by atoms with E-state index in [-0.39, 0.29) is 0 Å². The maximum atomic E-state index is 7.70. The lowest BCUT2D eigenvalue weighted by Gasteiger charge is -2.22. The number of nitrogens with zero attached hydrogens (tertiary/aromatic N) is 3. The Morgan fingerprint density at radius 2 is 1.48 bits per heavy atom. The standard InChI is InChI=1S/C38H35N3O/c1-22(2)28-9-7-10-29(23(3)4)35(28)41-33-19-25(6)21-39-37(33)40-38(41)32-12-8-11-31-30-18-17-27(20-34(30)42-36(31)32)26-15-13-24(5)14-16-26/h7-23H,1-6H3/i5D3. The zero-order valence-corrected chi connectivity index (χ0v) is 24.6. The summed E-state index contributed by atoms with van der Waals surface area (Å²) in [5, 5.41) is 2.02. The second kappa shape index (κ2) is 9.99. The van der Waals surface area contributed by atoms with E-state index >= 15 is 0 Å². The van der Waals surface area contributed by atoms with Crippen molar-refractivity contribution in [1.29, 1.82) is 0 Å². The molecule has 0 spiro atoms. The second-order valence-corrected chi connectivity index (χ2v) is 11.8. The van der Waals surface area contributed by atoms with Crippen molar-refractivity contribution >= 4 is 33.1 Å². The Bertz CT molecular complexity index is 2190. The summed E-state index contributed by atoms with van der Waals surface area (Å²) in [6, 6.07) is 28.2. The van der Waals surface area contributed by atoms with Gasteiger partial charge in [-0.3, -0.25) is 4.57 Å². The van der Waals surface area contributed by atoms with Gasteiger partial charge < -0.3 is 4.42 Å². The third kappa shape index (κ3) is 4.21. The van der Waals surface area contributed by atoms with E-state index in [1.54, 1.807) is 12.1 Å². The quantitative estimate of drug-likeness (QED) is 0.213. The first kappa shape index (κ1) is 22.9. The van der Waals surface area contributed by atoms with Gasteiger partial charge in [0.25, 0.3) is 0 Å². The molecule has 0 atom stereocenters. The van der Waals surface area contributed by atoms with E-state index in [0.29, 0.717) is 23.0 Å². The van der Waals surface area contributed by atoms with Gasteiger partial charge in [0.1, 0.15) is 11.2 Å². The van der Waals surface area contributed by atoms with Crippen molar-refractivity contribution in [3.8, 4) is 28.2 Å². The lowest BCUT2D eigenvalue weighted by atomic mass is 9.92. The maximum absolute atomic E-state index is 7.70. The summed E-state index contributed by atoms with van der Waals surface area (Å²) in [5.41, 5.74) is 11.1. The Morgan fingerprint density at radius 3 is 2.19 bits per heavy atom. The number of hydrogen-bond acceptors (Lipinski definition) is 3. The van der Waals surface area contributed by atoms with Gasteiger partial charge in [-0.1, -0.05) is 93.9 Å². The number of hydrogen-bond donors (Lipinski definition) is 0. The monoisotopic (exact) mass is 552 g/mol. The molecule has 3 aromatic heterocycles. The summed E-state index contributed by atoms with van der Waals surface area (Å²) < 4.78 is 32.1. The molecule has 208 valence electrons. The highest BCUT2D eigenvalue weighted by molar-refractivity contribution is 6.10. The minimum atomic E-state index is -2.13. The van der Waals surface area contributed by atoms with Gasteiger partial charge in [-0.2, -0.15) is 0 Å². The molecule has 7 rings (SSSR count). The number of furan rings is 1. The predicted molar refractivity (Wildman–Crippen MR) is 175 cm³/mol. The molecule has 0 aliphatic rings. The Morgan fingerprint density at radius 1 is 0.762 bits per heavy atom. The maximum Gasteiger partial charge on any atom is 0.178 e. The third-order valence-corrected chi connectivity index (χ3v) is 8.17. The van der Waals surface area contributed by atoms with E-state index in [0.717, 1.165) is 61.2 Å². The summed E-state index contributed by atoms with van der Waals surface area (Å²) >= 11 is 0. The van der Waals surface area contributed by atoms with Crippen LogP contribution in [0.4, 0.5) is 0 Å². The fourth-order valence-electron chi connectivity index (χ4n) is 6.06. The number of pyridine rings is 1. The van der Waals surface area contributed by atoms with Gasteiger partial charge >= 0.3 is 0 Å². The molecule has 4 heteroatoms. The first-order valence-electron chi connectivity index (χ1n) is 16.1. The molecule has 0 bridgehead atoms. The van der Waals surface area contributed by atoms with E-state index in [1.165, 1.54) is 11.1 Å². The van der Waals surface area contributed by atoms with Crippen LogP contribution in [0.1, 0.15) is 65.9 Å². The number of imidazole rings is 1. The zero-order valence-electron chi connectivity index (χ0n) is 27.6. The Balaban J connectivity index is 1.47. The van der Waals surface area contributed by atoms with Crippen LogP contribution < -0.4 is 0 Å². The molecule has 7 aromatic rings. The zero-order chi connectivity index (χ0) is 31.6. The predicted octanol–water partition coefficient (Wildman–Crippen LogP) is 10.5. The van der Waals surface area contributed by atoms with Crippen molar-refractivity contribution in [2.75, 3.05) is 0 Å². The molecule has 42 heavy (non-hydrogen) atoms. The number of benzene rings is 4. The molecule has 4 aromatic carbocycles. The van der Waals surface area contributed by atoms with Gasteiger partial charge in [-0.25, -0.2) is 9.97 Å².